The van der Waals surface area contributed by atoms with E-state index in [-0.39, 0.29) is 30.0 Å². The zero-order valence-corrected chi connectivity index (χ0v) is 22.1. The average Bonchev–Trinajstić information content (AvgIpc) is 3.46. The Bertz CT molecular complexity index is 1060. The summed E-state index contributed by atoms with van der Waals surface area (Å²) in [6.07, 6.45) is 2.49. The molecule has 1 atom stereocenters. The molecule has 178 valence electrons. The molecule has 0 amide bonds. The van der Waals surface area contributed by atoms with Crippen LogP contribution in [-0.4, -0.2) is 60.7 Å². The molecule has 2 aromatic carbocycles. The fourth-order valence-electron chi connectivity index (χ4n) is 4.61. The van der Waals surface area contributed by atoms with Crippen molar-refractivity contribution in [3.8, 4) is 5.75 Å². The van der Waals surface area contributed by atoms with Gasteiger partial charge in [0.15, 0.2) is 5.96 Å². The van der Waals surface area contributed by atoms with Crippen molar-refractivity contribution in [1.29, 1.82) is 0 Å². The van der Waals surface area contributed by atoms with E-state index >= 15 is 0 Å². The number of hydrogen-bond donors (Lipinski definition) is 2. The maximum Gasteiger partial charge on any atom is 0.191 e. The van der Waals surface area contributed by atoms with Crippen LogP contribution in [0, 0.1) is 6.92 Å². The Hall–Kier alpha value is -2.33. The minimum Gasteiger partial charge on any atom is -0.496 e. The third-order valence-corrected chi connectivity index (χ3v) is 6.24. The number of benzene rings is 2. The monoisotopic (exact) mass is 562 g/mol. The summed E-state index contributed by atoms with van der Waals surface area (Å²) in [5, 5.41) is 7.01. The number of methoxy groups -OCH3 is 1. The van der Waals surface area contributed by atoms with Crippen molar-refractivity contribution in [2.24, 2.45) is 4.99 Å². The van der Waals surface area contributed by atoms with Gasteiger partial charge in [-0.25, -0.2) is 4.98 Å². The highest BCUT2D eigenvalue weighted by Crippen LogP contribution is 2.31. The average molecular weight is 563 g/mol. The second kappa shape index (κ2) is 12.2. The Morgan fingerprint density at radius 1 is 1.09 bits per heavy atom. The highest BCUT2D eigenvalue weighted by Gasteiger charge is 2.26. The van der Waals surface area contributed by atoms with Gasteiger partial charge in [0.1, 0.15) is 11.6 Å². The molecule has 2 heterocycles. The van der Waals surface area contributed by atoms with Crippen molar-refractivity contribution in [2.45, 2.75) is 32.4 Å². The standard InChI is InChI=1S/C25H34N6O.HI/c1-19-29-21-11-5-6-12-22(21)31(19)17-14-27-25(26-2)28-18-23(30-15-8-9-16-30)20-10-4-7-13-24(20)32-3;/h4-7,10-13,23H,8-9,14-18H2,1-3H3,(H2,26,27,28);1H. The van der Waals surface area contributed by atoms with Gasteiger partial charge >= 0.3 is 0 Å². The summed E-state index contributed by atoms with van der Waals surface area (Å²) in [6.45, 7) is 6.65. The van der Waals surface area contributed by atoms with E-state index in [2.05, 4.69) is 67.3 Å². The van der Waals surface area contributed by atoms with Crippen LogP contribution in [0.3, 0.4) is 0 Å². The lowest BCUT2D eigenvalue weighted by molar-refractivity contribution is 0.239. The number of fused-ring (bicyclic) bond motifs is 1. The maximum atomic E-state index is 5.66. The topological polar surface area (TPSA) is 66.7 Å². The number of para-hydroxylation sites is 3. The second-order valence-corrected chi connectivity index (χ2v) is 8.18. The van der Waals surface area contributed by atoms with E-state index in [0.717, 1.165) is 55.8 Å². The minimum absolute atomic E-state index is 0. The van der Waals surface area contributed by atoms with Crippen molar-refractivity contribution in [1.82, 2.24) is 25.1 Å². The second-order valence-electron chi connectivity index (χ2n) is 8.18. The molecule has 0 aliphatic carbocycles. The number of imidazole rings is 1. The molecule has 33 heavy (non-hydrogen) atoms. The van der Waals surface area contributed by atoms with Gasteiger partial charge in [0.2, 0.25) is 0 Å². The molecule has 0 spiro atoms. The summed E-state index contributed by atoms with van der Waals surface area (Å²) in [4.78, 5) is 11.6. The zero-order valence-electron chi connectivity index (χ0n) is 19.8. The molecule has 2 N–H and O–H groups in total. The molecule has 1 unspecified atom stereocenters. The predicted molar refractivity (Wildman–Crippen MR) is 146 cm³/mol. The summed E-state index contributed by atoms with van der Waals surface area (Å²) in [7, 11) is 3.57. The van der Waals surface area contributed by atoms with Gasteiger partial charge in [-0.3, -0.25) is 9.89 Å². The SMILES string of the molecule is CN=C(NCCn1c(C)nc2ccccc21)NCC(c1ccccc1OC)N1CCCC1.I. The van der Waals surface area contributed by atoms with Crippen LogP contribution in [0.4, 0.5) is 0 Å². The fraction of sp³-hybridized carbons (Fsp3) is 0.440. The van der Waals surface area contributed by atoms with Crippen LogP contribution < -0.4 is 15.4 Å². The first-order chi connectivity index (χ1) is 15.7. The largest absolute Gasteiger partial charge is 0.496 e. The summed E-state index contributed by atoms with van der Waals surface area (Å²) < 4.78 is 7.91. The quantitative estimate of drug-likeness (QED) is 0.247. The number of guanidine groups is 1. The molecule has 1 aliphatic rings. The van der Waals surface area contributed by atoms with Gasteiger partial charge in [0.25, 0.3) is 0 Å². The Labute approximate surface area is 213 Å². The molecular weight excluding hydrogens is 527 g/mol. The zero-order chi connectivity index (χ0) is 22.3. The Kier molecular flexibility index (Phi) is 9.37. The third kappa shape index (κ3) is 5.97. The Morgan fingerprint density at radius 3 is 2.58 bits per heavy atom. The number of likely N-dealkylation sites (tertiary alicyclic amines) is 1. The van der Waals surface area contributed by atoms with Crippen LogP contribution in [0.15, 0.2) is 53.5 Å². The van der Waals surface area contributed by atoms with Gasteiger partial charge in [-0.1, -0.05) is 30.3 Å². The van der Waals surface area contributed by atoms with E-state index in [1.165, 1.54) is 23.9 Å². The number of nitrogens with one attached hydrogen (secondary N) is 2. The van der Waals surface area contributed by atoms with E-state index in [4.69, 9.17) is 4.74 Å². The lowest BCUT2D eigenvalue weighted by Gasteiger charge is -2.30. The van der Waals surface area contributed by atoms with E-state index in [0.29, 0.717) is 0 Å². The number of aromatic nitrogens is 2. The molecule has 0 bridgehead atoms. The van der Waals surface area contributed by atoms with Gasteiger partial charge in [0, 0.05) is 32.2 Å². The van der Waals surface area contributed by atoms with Crippen LogP contribution in [0.5, 0.6) is 5.75 Å². The van der Waals surface area contributed by atoms with Gasteiger partial charge in [-0.2, -0.15) is 0 Å². The molecular formula is C25H35IN6O. The molecule has 1 saturated heterocycles. The van der Waals surface area contributed by atoms with Crippen LogP contribution in [-0.2, 0) is 6.54 Å². The van der Waals surface area contributed by atoms with Crippen molar-refractivity contribution in [2.75, 3.05) is 40.3 Å². The fourth-order valence-corrected chi connectivity index (χ4v) is 4.61. The molecule has 0 saturated carbocycles. The van der Waals surface area contributed by atoms with E-state index in [1.807, 2.05) is 25.2 Å². The number of aliphatic imine (C=N–C) groups is 1. The summed E-state index contributed by atoms with van der Waals surface area (Å²) in [6, 6.07) is 16.8. The summed E-state index contributed by atoms with van der Waals surface area (Å²) >= 11 is 0. The molecule has 8 heteroatoms. The Morgan fingerprint density at radius 2 is 1.82 bits per heavy atom. The van der Waals surface area contributed by atoms with E-state index in [1.54, 1.807) is 7.11 Å². The van der Waals surface area contributed by atoms with Crippen molar-refractivity contribution in [3.63, 3.8) is 0 Å². The number of rotatable bonds is 8. The predicted octanol–water partition coefficient (Wildman–Crippen LogP) is 3.97. The Balaban J connectivity index is 0.00000306. The van der Waals surface area contributed by atoms with Gasteiger partial charge < -0.3 is 19.9 Å². The number of halogens is 1. The summed E-state index contributed by atoms with van der Waals surface area (Å²) in [5.74, 6) is 2.78. The van der Waals surface area contributed by atoms with Crippen LogP contribution in [0.1, 0.15) is 30.3 Å². The van der Waals surface area contributed by atoms with Gasteiger partial charge in [-0.05, 0) is 51.1 Å². The van der Waals surface area contributed by atoms with Crippen molar-refractivity contribution < 1.29 is 4.74 Å². The first-order valence-corrected chi connectivity index (χ1v) is 11.4. The molecule has 7 nitrogen and oxygen atoms in total. The van der Waals surface area contributed by atoms with Crippen molar-refractivity contribution >= 4 is 41.0 Å². The highest BCUT2D eigenvalue weighted by atomic mass is 127. The molecule has 3 aromatic rings. The first-order valence-electron chi connectivity index (χ1n) is 11.4. The number of nitrogens with zero attached hydrogens (tertiary/aromatic N) is 4. The molecule has 4 rings (SSSR count). The number of aryl methyl sites for hydroxylation is 1. The molecule has 0 radical (unpaired) electrons. The minimum atomic E-state index is 0. The normalized spacial score (nSPS) is 15.3. The van der Waals surface area contributed by atoms with E-state index in [9.17, 15) is 0 Å². The lowest BCUT2D eigenvalue weighted by atomic mass is 10.0. The van der Waals surface area contributed by atoms with Crippen molar-refractivity contribution in [3.05, 3.63) is 59.9 Å². The van der Waals surface area contributed by atoms with Gasteiger partial charge in [0.05, 0.1) is 24.2 Å². The lowest BCUT2D eigenvalue weighted by Crippen LogP contribution is -2.43. The van der Waals surface area contributed by atoms with Crippen LogP contribution in [0.2, 0.25) is 0 Å². The molecule has 1 aliphatic heterocycles. The first kappa shape index (κ1) is 25.3. The highest BCUT2D eigenvalue weighted by molar-refractivity contribution is 14.0. The number of ether oxygens (including phenoxy) is 1. The van der Waals surface area contributed by atoms with Crippen LogP contribution >= 0.6 is 24.0 Å². The van der Waals surface area contributed by atoms with Gasteiger partial charge in [-0.15, -0.1) is 24.0 Å². The summed E-state index contributed by atoms with van der Waals surface area (Å²) in [5.41, 5.74) is 3.43. The molecule has 1 fully saturated rings. The maximum absolute atomic E-state index is 5.66. The third-order valence-electron chi connectivity index (χ3n) is 6.24. The van der Waals surface area contributed by atoms with E-state index < -0.39 is 0 Å². The van der Waals surface area contributed by atoms with Crippen LogP contribution in [0.25, 0.3) is 11.0 Å². The number of hydrogen-bond acceptors (Lipinski definition) is 4. The molecule has 1 aromatic heterocycles. The smallest absolute Gasteiger partial charge is 0.191 e.